The molecule has 7 nitrogen and oxygen atoms in total. The maximum absolute atomic E-state index is 11.3. The first-order valence-corrected chi connectivity index (χ1v) is 7.86. The van der Waals surface area contributed by atoms with E-state index >= 15 is 0 Å². The van der Waals surface area contributed by atoms with E-state index in [1.807, 2.05) is 0 Å². The first-order chi connectivity index (χ1) is 12.6. The molecule has 1 N–H and O–H groups in total. The highest BCUT2D eigenvalue weighted by Gasteiger charge is 2.13. The number of hydrogen-bond acceptors (Lipinski definition) is 7. The number of nitrogens with zero attached hydrogens (tertiary/aromatic N) is 2. The molecule has 0 amide bonds. The van der Waals surface area contributed by atoms with E-state index in [9.17, 15) is 9.90 Å². The van der Waals surface area contributed by atoms with Crippen molar-refractivity contribution >= 4 is 17.3 Å². The lowest BCUT2D eigenvalue weighted by molar-refractivity contribution is -0.147. The standard InChI is InChI=1S/C19H20N2O5/c1-3-19(23)26-18(12-24-2)13-25-17-10-6-15(7-11-17)21-20-14-4-8-16(22)9-5-14/h3-11,18,22H,1,12-13H2,2H3. The second-order valence-corrected chi connectivity index (χ2v) is 5.24. The lowest BCUT2D eigenvalue weighted by Gasteiger charge is -2.16. The highest BCUT2D eigenvalue weighted by Crippen LogP contribution is 2.22. The van der Waals surface area contributed by atoms with Crippen LogP contribution >= 0.6 is 0 Å². The van der Waals surface area contributed by atoms with Crippen LogP contribution in [-0.4, -0.2) is 37.5 Å². The third-order valence-corrected chi connectivity index (χ3v) is 3.21. The van der Waals surface area contributed by atoms with E-state index in [4.69, 9.17) is 14.2 Å². The van der Waals surface area contributed by atoms with Gasteiger partial charge < -0.3 is 19.3 Å². The summed E-state index contributed by atoms with van der Waals surface area (Å²) in [5.41, 5.74) is 1.28. The molecule has 0 aliphatic rings. The third-order valence-electron chi connectivity index (χ3n) is 3.21. The summed E-state index contributed by atoms with van der Waals surface area (Å²) in [6.45, 7) is 3.73. The zero-order valence-corrected chi connectivity index (χ0v) is 14.4. The normalized spacial score (nSPS) is 11.9. The Bertz CT molecular complexity index is 742. The largest absolute Gasteiger partial charge is 0.508 e. The number of aromatic hydroxyl groups is 1. The lowest BCUT2D eigenvalue weighted by atomic mass is 10.3. The predicted molar refractivity (Wildman–Crippen MR) is 96.2 cm³/mol. The first kappa shape index (κ1) is 19.1. The highest BCUT2D eigenvalue weighted by atomic mass is 16.6. The summed E-state index contributed by atoms with van der Waals surface area (Å²) in [6, 6.07) is 13.4. The van der Waals surface area contributed by atoms with Gasteiger partial charge in [0.1, 0.15) is 18.1 Å². The van der Waals surface area contributed by atoms with E-state index in [1.54, 1.807) is 48.5 Å². The lowest BCUT2D eigenvalue weighted by Crippen LogP contribution is -2.28. The monoisotopic (exact) mass is 356 g/mol. The molecule has 0 saturated heterocycles. The fourth-order valence-corrected chi connectivity index (χ4v) is 1.95. The molecule has 1 atom stereocenters. The summed E-state index contributed by atoms with van der Waals surface area (Å²) >= 11 is 0. The average Bonchev–Trinajstić information content (AvgIpc) is 2.66. The maximum atomic E-state index is 11.3. The summed E-state index contributed by atoms with van der Waals surface area (Å²) in [7, 11) is 1.52. The molecule has 136 valence electrons. The zero-order chi connectivity index (χ0) is 18.8. The van der Waals surface area contributed by atoms with Crippen LogP contribution in [0.1, 0.15) is 0 Å². The number of benzene rings is 2. The van der Waals surface area contributed by atoms with Crippen molar-refractivity contribution < 1.29 is 24.1 Å². The molecule has 0 radical (unpaired) electrons. The van der Waals surface area contributed by atoms with Crippen LogP contribution in [0.25, 0.3) is 0 Å². The number of ether oxygens (including phenoxy) is 3. The molecule has 2 aromatic rings. The van der Waals surface area contributed by atoms with Gasteiger partial charge in [-0.05, 0) is 48.5 Å². The second-order valence-electron chi connectivity index (χ2n) is 5.24. The van der Waals surface area contributed by atoms with Gasteiger partial charge in [-0.25, -0.2) is 4.79 Å². The Hall–Kier alpha value is -3.19. The first-order valence-electron chi connectivity index (χ1n) is 7.86. The summed E-state index contributed by atoms with van der Waals surface area (Å²) in [5.74, 6) is 0.251. The number of rotatable bonds is 9. The minimum absolute atomic E-state index is 0.155. The fourth-order valence-electron chi connectivity index (χ4n) is 1.95. The number of methoxy groups -OCH3 is 1. The van der Waals surface area contributed by atoms with Crippen molar-refractivity contribution in [2.45, 2.75) is 6.10 Å². The van der Waals surface area contributed by atoms with Crippen molar-refractivity contribution in [2.24, 2.45) is 10.2 Å². The number of phenols is 1. The number of azo groups is 1. The number of carbonyl (C=O) groups is 1. The Kier molecular flexibility index (Phi) is 7.32. The van der Waals surface area contributed by atoms with E-state index in [2.05, 4.69) is 16.8 Å². The maximum Gasteiger partial charge on any atom is 0.330 e. The van der Waals surface area contributed by atoms with Crippen molar-refractivity contribution in [3.8, 4) is 11.5 Å². The second kappa shape index (κ2) is 9.95. The summed E-state index contributed by atoms with van der Waals surface area (Å²) < 4.78 is 15.7. The molecule has 26 heavy (non-hydrogen) atoms. The van der Waals surface area contributed by atoms with Gasteiger partial charge in [-0.2, -0.15) is 10.2 Å². The van der Waals surface area contributed by atoms with Crippen LogP contribution in [0.15, 0.2) is 71.4 Å². The molecule has 2 rings (SSSR count). The minimum atomic E-state index is -0.528. The van der Waals surface area contributed by atoms with Crippen LogP contribution < -0.4 is 4.74 Å². The van der Waals surface area contributed by atoms with Gasteiger partial charge in [0.15, 0.2) is 6.10 Å². The fraction of sp³-hybridized carbons (Fsp3) is 0.211. The summed E-state index contributed by atoms with van der Waals surface area (Å²) in [5, 5.41) is 17.4. The summed E-state index contributed by atoms with van der Waals surface area (Å²) in [6.07, 6.45) is 0.565. The molecule has 0 saturated carbocycles. The Morgan fingerprint density at radius 1 is 1.08 bits per heavy atom. The Balaban J connectivity index is 1.90. The Morgan fingerprint density at radius 2 is 1.65 bits per heavy atom. The van der Waals surface area contributed by atoms with E-state index in [0.717, 1.165) is 6.08 Å². The Labute approximate surface area is 151 Å². The molecule has 0 fully saturated rings. The van der Waals surface area contributed by atoms with E-state index in [-0.39, 0.29) is 19.0 Å². The zero-order valence-electron chi connectivity index (χ0n) is 14.4. The van der Waals surface area contributed by atoms with Gasteiger partial charge in [-0.1, -0.05) is 6.58 Å². The van der Waals surface area contributed by atoms with Crippen molar-refractivity contribution in [1.82, 2.24) is 0 Å². The van der Waals surface area contributed by atoms with Crippen molar-refractivity contribution in [1.29, 1.82) is 0 Å². The minimum Gasteiger partial charge on any atom is -0.508 e. The third kappa shape index (κ3) is 6.37. The molecular weight excluding hydrogens is 336 g/mol. The van der Waals surface area contributed by atoms with Crippen LogP contribution in [0.2, 0.25) is 0 Å². The molecule has 0 aliphatic carbocycles. The van der Waals surface area contributed by atoms with Crippen molar-refractivity contribution in [3.63, 3.8) is 0 Å². The molecule has 0 spiro atoms. The van der Waals surface area contributed by atoms with Gasteiger partial charge >= 0.3 is 5.97 Å². The van der Waals surface area contributed by atoms with Gasteiger partial charge in [0.25, 0.3) is 0 Å². The number of esters is 1. The van der Waals surface area contributed by atoms with Crippen LogP contribution in [0, 0.1) is 0 Å². The van der Waals surface area contributed by atoms with Crippen LogP contribution in [0.4, 0.5) is 11.4 Å². The van der Waals surface area contributed by atoms with E-state index in [1.165, 1.54) is 7.11 Å². The van der Waals surface area contributed by atoms with Crippen molar-refractivity contribution in [2.75, 3.05) is 20.3 Å². The molecule has 7 heteroatoms. The van der Waals surface area contributed by atoms with E-state index in [0.29, 0.717) is 17.1 Å². The number of hydrogen-bond donors (Lipinski definition) is 1. The molecule has 1 unspecified atom stereocenters. The molecule has 2 aromatic carbocycles. The predicted octanol–water partition coefficient (Wildman–Crippen LogP) is 3.93. The molecule has 0 heterocycles. The van der Waals surface area contributed by atoms with Gasteiger partial charge in [0.2, 0.25) is 0 Å². The molecule has 0 bridgehead atoms. The van der Waals surface area contributed by atoms with Crippen LogP contribution in [0.3, 0.4) is 0 Å². The topological polar surface area (TPSA) is 89.7 Å². The SMILES string of the molecule is C=CC(=O)OC(COC)COc1ccc(N=Nc2ccc(O)cc2)cc1. The molecule has 0 aromatic heterocycles. The number of phenolic OH excluding ortho intramolecular Hbond substituents is 1. The summed E-state index contributed by atoms with van der Waals surface area (Å²) in [4.78, 5) is 11.3. The van der Waals surface area contributed by atoms with Gasteiger partial charge in [0.05, 0.1) is 18.0 Å². The van der Waals surface area contributed by atoms with E-state index < -0.39 is 12.1 Å². The number of carbonyl (C=O) groups excluding carboxylic acids is 1. The molecular formula is C19H20N2O5. The van der Waals surface area contributed by atoms with Crippen LogP contribution in [0.5, 0.6) is 11.5 Å². The van der Waals surface area contributed by atoms with Gasteiger partial charge in [0, 0.05) is 13.2 Å². The molecule has 0 aliphatic heterocycles. The highest BCUT2D eigenvalue weighted by molar-refractivity contribution is 5.81. The smallest absolute Gasteiger partial charge is 0.330 e. The van der Waals surface area contributed by atoms with Gasteiger partial charge in [-0.15, -0.1) is 0 Å². The van der Waals surface area contributed by atoms with Gasteiger partial charge in [-0.3, -0.25) is 0 Å². The average molecular weight is 356 g/mol. The van der Waals surface area contributed by atoms with Crippen LogP contribution in [-0.2, 0) is 14.3 Å². The van der Waals surface area contributed by atoms with Crippen molar-refractivity contribution in [3.05, 3.63) is 61.2 Å². The Morgan fingerprint density at radius 3 is 2.19 bits per heavy atom. The quantitative estimate of drug-likeness (QED) is 0.418.